The predicted molar refractivity (Wildman–Crippen MR) is 118 cm³/mol. The maximum absolute atomic E-state index is 13.5. The lowest BCUT2D eigenvalue weighted by molar-refractivity contribution is -0.178. The first kappa shape index (κ1) is 23.9. The number of ketones is 2. The van der Waals surface area contributed by atoms with Gasteiger partial charge in [0, 0.05) is 23.1 Å². The molecule has 182 valence electrons. The standard InChI is InChI=1S/C23H27N3O8/c1-8(25-34)10-4-5-13(27)15-11(10)6-9-7-12-17(26(2)3)19(29)16(22(24)32)21(31)23(12,33)20(30)14(9)18(15)28/h4-5,9,12,16-17,19,27,29-30,33-34H,6-7H2,1-3H3,(H2,24,32)/b25-8-/t9-,12-,16?,17-,19?,23-/m0/s1. The van der Waals surface area contributed by atoms with Crippen molar-refractivity contribution in [3.63, 3.8) is 0 Å². The number of amides is 1. The molecule has 0 heterocycles. The Labute approximate surface area is 194 Å². The van der Waals surface area contributed by atoms with E-state index in [0.717, 1.165) is 0 Å². The summed E-state index contributed by atoms with van der Waals surface area (Å²) in [6.07, 6.45) is -1.38. The minimum atomic E-state index is -2.62. The molecule has 6 atom stereocenters. The number of aliphatic hydroxyl groups is 3. The zero-order chi connectivity index (χ0) is 25.3. The van der Waals surface area contributed by atoms with Crippen LogP contribution in [0.15, 0.2) is 28.6 Å². The molecule has 1 saturated carbocycles. The zero-order valence-corrected chi connectivity index (χ0v) is 18.9. The molecule has 1 aromatic carbocycles. The number of phenolic OH excluding ortho intramolecular Hbond substituents is 1. The van der Waals surface area contributed by atoms with Crippen molar-refractivity contribution in [1.82, 2.24) is 4.90 Å². The number of carbonyl (C=O) groups is 3. The minimum absolute atomic E-state index is 0.0165. The van der Waals surface area contributed by atoms with Crippen molar-refractivity contribution in [3.05, 3.63) is 40.2 Å². The van der Waals surface area contributed by atoms with Crippen LogP contribution >= 0.6 is 0 Å². The molecule has 1 amide bonds. The number of aromatic hydroxyl groups is 1. The summed E-state index contributed by atoms with van der Waals surface area (Å²) in [5.74, 6) is -7.89. The van der Waals surface area contributed by atoms with Crippen LogP contribution in [0.3, 0.4) is 0 Å². The first-order valence-corrected chi connectivity index (χ1v) is 10.8. The number of primary amides is 1. The minimum Gasteiger partial charge on any atom is -0.508 e. The van der Waals surface area contributed by atoms with Crippen molar-refractivity contribution in [2.45, 2.75) is 37.5 Å². The maximum atomic E-state index is 13.5. The van der Waals surface area contributed by atoms with Crippen molar-refractivity contribution in [1.29, 1.82) is 0 Å². The quantitative estimate of drug-likeness (QED) is 0.145. The number of hydrogen-bond donors (Lipinski definition) is 6. The smallest absolute Gasteiger partial charge is 0.230 e. The number of phenols is 1. The maximum Gasteiger partial charge on any atom is 0.230 e. The SMILES string of the molecule is C/C(=N/O)c1ccc(O)c2c1C[C@H]1C[C@H]3[C@H](N(C)C)C(O)C(C(N)=O)C(=O)[C@@]3(O)C(O)=C1C2=O. The van der Waals surface area contributed by atoms with Crippen LogP contribution in [0.1, 0.15) is 34.8 Å². The fraction of sp³-hybridized carbons (Fsp3) is 0.478. The van der Waals surface area contributed by atoms with E-state index in [0.29, 0.717) is 11.1 Å². The Balaban J connectivity index is 1.96. The molecular formula is C23H27N3O8. The van der Waals surface area contributed by atoms with Gasteiger partial charge in [-0.1, -0.05) is 5.16 Å². The van der Waals surface area contributed by atoms with Crippen molar-refractivity contribution < 1.29 is 40.0 Å². The molecule has 11 heteroatoms. The highest BCUT2D eigenvalue weighted by molar-refractivity contribution is 6.17. The van der Waals surface area contributed by atoms with Gasteiger partial charge in [-0.05, 0) is 57.5 Å². The van der Waals surface area contributed by atoms with E-state index < -0.39 is 58.7 Å². The molecule has 0 spiro atoms. The summed E-state index contributed by atoms with van der Waals surface area (Å²) in [7, 11) is 3.19. The van der Waals surface area contributed by atoms with E-state index in [1.54, 1.807) is 19.0 Å². The number of nitrogens with two attached hydrogens (primary N) is 1. The summed E-state index contributed by atoms with van der Waals surface area (Å²) in [4.78, 5) is 40.3. The molecule has 4 rings (SSSR count). The Hall–Kier alpha value is -3.28. The van der Waals surface area contributed by atoms with Crippen LogP contribution in [-0.4, -0.2) is 85.6 Å². The number of oxime groups is 1. The molecule has 0 radical (unpaired) electrons. The number of nitrogens with zero attached hydrogens (tertiary/aromatic N) is 2. The number of rotatable bonds is 3. The number of Topliss-reactive ketones (excluding diaryl/α,β-unsaturated/α-hetero) is 2. The molecule has 0 bridgehead atoms. The van der Waals surface area contributed by atoms with Gasteiger partial charge in [0.25, 0.3) is 0 Å². The summed E-state index contributed by atoms with van der Waals surface area (Å²) < 4.78 is 0. The molecule has 34 heavy (non-hydrogen) atoms. The van der Waals surface area contributed by atoms with Gasteiger partial charge in [-0.2, -0.15) is 0 Å². The first-order valence-electron chi connectivity index (χ1n) is 10.8. The summed E-state index contributed by atoms with van der Waals surface area (Å²) in [6, 6.07) is 1.83. The van der Waals surface area contributed by atoms with Crippen molar-refractivity contribution in [2.75, 3.05) is 14.1 Å². The Morgan fingerprint density at radius 2 is 1.88 bits per heavy atom. The highest BCUT2D eigenvalue weighted by atomic mass is 16.4. The van der Waals surface area contributed by atoms with Gasteiger partial charge >= 0.3 is 0 Å². The Morgan fingerprint density at radius 1 is 1.24 bits per heavy atom. The third-order valence-electron chi connectivity index (χ3n) is 7.52. The second-order valence-corrected chi connectivity index (χ2v) is 9.46. The highest BCUT2D eigenvalue weighted by Crippen LogP contribution is 2.52. The van der Waals surface area contributed by atoms with Crippen LogP contribution in [0.2, 0.25) is 0 Å². The van der Waals surface area contributed by atoms with Gasteiger partial charge in [-0.15, -0.1) is 0 Å². The lowest BCUT2D eigenvalue weighted by Crippen LogP contribution is -2.71. The van der Waals surface area contributed by atoms with Gasteiger partial charge in [0.15, 0.2) is 17.2 Å². The van der Waals surface area contributed by atoms with E-state index in [2.05, 4.69) is 5.16 Å². The molecule has 3 aliphatic carbocycles. The molecule has 0 aromatic heterocycles. The molecular weight excluding hydrogens is 446 g/mol. The normalized spacial score (nSPS) is 33.5. The zero-order valence-electron chi connectivity index (χ0n) is 18.9. The van der Waals surface area contributed by atoms with Crippen LogP contribution < -0.4 is 5.73 Å². The largest absolute Gasteiger partial charge is 0.508 e. The molecule has 1 fully saturated rings. The lowest BCUT2D eigenvalue weighted by atomic mass is 9.56. The molecule has 0 saturated heterocycles. The van der Waals surface area contributed by atoms with Crippen molar-refractivity contribution in [2.24, 2.45) is 28.6 Å². The Kier molecular flexibility index (Phi) is 5.54. The van der Waals surface area contributed by atoms with E-state index >= 15 is 0 Å². The number of benzene rings is 1. The third-order valence-corrected chi connectivity index (χ3v) is 7.52. The van der Waals surface area contributed by atoms with E-state index in [1.165, 1.54) is 19.1 Å². The summed E-state index contributed by atoms with van der Waals surface area (Å²) in [5, 5.41) is 56.5. The molecule has 7 N–H and O–H groups in total. The van der Waals surface area contributed by atoms with E-state index in [-0.39, 0.29) is 35.4 Å². The topological polar surface area (TPSA) is 194 Å². The van der Waals surface area contributed by atoms with Crippen molar-refractivity contribution >= 4 is 23.2 Å². The molecule has 2 unspecified atom stereocenters. The third kappa shape index (κ3) is 3.00. The van der Waals surface area contributed by atoms with Crippen LogP contribution in [0.4, 0.5) is 0 Å². The predicted octanol–water partition coefficient (Wildman–Crippen LogP) is -0.516. The van der Waals surface area contributed by atoms with Gasteiger partial charge in [-0.3, -0.25) is 14.4 Å². The monoisotopic (exact) mass is 473 g/mol. The number of allylic oxidation sites excluding steroid dienone is 1. The van der Waals surface area contributed by atoms with Gasteiger partial charge < -0.3 is 36.3 Å². The van der Waals surface area contributed by atoms with Crippen LogP contribution in [0, 0.1) is 17.8 Å². The summed E-state index contributed by atoms with van der Waals surface area (Å²) in [5.41, 5.74) is 3.43. The lowest BCUT2D eigenvalue weighted by Gasteiger charge is -2.53. The van der Waals surface area contributed by atoms with E-state index in [1.807, 2.05) is 0 Å². The molecule has 3 aliphatic rings. The molecule has 11 nitrogen and oxygen atoms in total. The summed E-state index contributed by atoms with van der Waals surface area (Å²) >= 11 is 0. The van der Waals surface area contributed by atoms with Gasteiger partial charge in [0.1, 0.15) is 17.4 Å². The van der Waals surface area contributed by atoms with Gasteiger partial charge in [-0.25, -0.2) is 0 Å². The first-order chi connectivity index (χ1) is 15.9. The number of fused-ring (bicyclic) bond motifs is 3. The van der Waals surface area contributed by atoms with Crippen molar-refractivity contribution in [3.8, 4) is 5.75 Å². The van der Waals surface area contributed by atoms with Gasteiger partial charge in [0.05, 0.1) is 17.4 Å². The van der Waals surface area contributed by atoms with E-state index in [9.17, 15) is 40.0 Å². The van der Waals surface area contributed by atoms with E-state index in [4.69, 9.17) is 5.73 Å². The van der Waals surface area contributed by atoms with Crippen LogP contribution in [-0.2, 0) is 16.0 Å². The molecule has 1 aromatic rings. The summed E-state index contributed by atoms with van der Waals surface area (Å²) in [6.45, 7) is 1.53. The highest BCUT2D eigenvalue weighted by Gasteiger charge is 2.66. The number of likely N-dealkylation sites (N-methyl/N-ethyl adjacent to an activating group) is 1. The fourth-order valence-electron chi connectivity index (χ4n) is 6.00. The number of hydrogen-bond acceptors (Lipinski definition) is 10. The second kappa shape index (κ2) is 7.90. The Morgan fingerprint density at radius 3 is 2.44 bits per heavy atom. The Bertz CT molecular complexity index is 1170. The van der Waals surface area contributed by atoms with Crippen LogP contribution in [0.5, 0.6) is 5.75 Å². The number of aliphatic hydroxyl groups excluding tert-OH is 2. The molecule has 0 aliphatic heterocycles. The van der Waals surface area contributed by atoms with Gasteiger partial charge in [0.2, 0.25) is 5.91 Å². The van der Waals surface area contributed by atoms with Crippen LogP contribution in [0.25, 0.3) is 0 Å². The second-order valence-electron chi connectivity index (χ2n) is 9.46. The average molecular weight is 473 g/mol. The number of carbonyl (C=O) groups excluding carboxylic acids is 3. The average Bonchev–Trinajstić information content (AvgIpc) is 2.75. The fourth-order valence-corrected chi connectivity index (χ4v) is 6.00.